The highest BCUT2D eigenvalue weighted by Gasteiger charge is 2.19. The average Bonchev–Trinajstić information content (AvgIpc) is 2.32. The molecule has 0 amide bonds. The summed E-state index contributed by atoms with van der Waals surface area (Å²) in [6, 6.07) is 5.84. The number of anilines is 1. The Kier molecular flexibility index (Phi) is 3.89. The summed E-state index contributed by atoms with van der Waals surface area (Å²) >= 11 is 5.96. The fourth-order valence-electron chi connectivity index (χ4n) is 2.10. The molecule has 0 radical (unpaired) electrons. The van der Waals surface area contributed by atoms with Gasteiger partial charge in [0.2, 0.25) is 0 Å². The highest BCUT2D eigenvalue weighted by molar-refractivity contribution is 6.30. The first-order chi connectivity index (χ1) is 8.19. The third kappa shape index (κ3) is 3.13. The van der Waals surface area contributed by atoms with E-state index in [1.807, 2.05) is 12.1 Å². The van der Waals surface area contributed by atoms with Gasteiger partial charge in [-0.15, -0.1) is 0 Å². The van der Waals surface area contributed by atoms with Gasteiger partial charge in [0, 0.05) is 23.9 Å². The molecular weight excluding hydrogens is 238 g/mol. The van der Waals surface area contributed by atoms with Gasteiger partial charge in [-0.2, -0.15) is 0 Å². The van der Waals surface area contributed by atoms with Gasteiger partial charge in [0.1, 0.15) is 11.5 Å². The van der Waals surface area contributed by atoms with E-state index in [4.69, 9.17) is 16.3 Å². The molecule has 0 saturated heterocycles. The summed E-state index contributed by atoms with van der Waals surface area (Å²) in [6.45, 7) is 0. The number of Topliss-reactive ketones (excluding diaryl/α,β-unsaturated/α-hetero) is 1. The lowest BCUT2D eigenvalue weighted by atomic mass is 9.94. The number of hydrogen-bond acceptors (Lipinski definition) is 3. The molecule has 0 atom stereocenters. The van der Waals surface area contributed by atoms with Crippen LogP contribution in [0.5, 0.6) is 5.75 Å². The van der Waals surface area contributed by atoms with Crippen LogP contribution in [0.25, 0.3) is 0 Å². The van der Waals surface area contributed by atoms with Crippen LogP contribution in [0, 0.1) is 0 Å². The molecule has 1 aromatic rings. The molecule has 0 spiro atoms. The number of ether oxygens (including phenoxy) is 1. The van der Waals surface area contributed by atoms with E-state index in [1.165, 1.54) is 0 Å². The fraction of sp³-hybridized carbons (Fsp3) is 0.462. The lowest BCUT2D eigenvalue weighted by molar-refractivity contribution is -0.120. The zero-order chi connectivity index (χ0) is 12.3. The van der Waals surface area contributed by atoms with Gasteiger partial charge in [0.15, 0.2) is 0 Å². The van der Waals surface area contributed by atoms with Crippen LogP contribution in [0.2, 0.25) is 5.02 Å². The zero-order valence-corrected chi connectivity index (χ0v) is 10.6. The minimum Gasteiger partial charge on any atom is -0.495 e. The number of methoxy groups -OCH3 is 1. The Morgan fingerprint density at radius 3 is 2.71 bits per heavy atom. The maximum Gasteiger partial charge on any atom is 0.142 e. The summed E-state index contributed by atoms with van der Waals surface area (Å²) < 4.78 is 5.27. The lowest BCUT2D eigenvalue weighted by Crippen LogP contribution is -2.26. The molecule has 0 unspecified atom stereocenters. The van der Waals surface area contributed by atoms with Crippen molar-refractivity contribution in [1.29, 1.82) is 0 Å². The van der Waals surface area contributed by atoms with Crippen molar-refractivity contribution < 1.29 is 9.53 Å². The summed E-state index contributed by atoms with van der Waals surface area (Å²) in [4.78, 5) is 11.2. The van der Waals surface area contributed by atoms with Gasteiger partial charge >= 0.3 is 0 Å². The smallest absolute Gasteiger partial charge is 0.142 e. The Morgan fingerprint density at radius 1 is 1.35 bits per heavy atom. The van der Waals surface area contributed by atoms with Crippen molar-refractivity contribution in [2.45, 2.75) is 31.7 Å². The predicted molar refractivity (Wildman–Crippen MR) is 68.9 cm³/mol. The maximum absolute atomic E-state index is 11.2. The van der Waals surface area contributed by atoms with E-state index in [9.17, 15) is 4.79 Å². The number of nitrogens with one attached hydrogen (secondary N) is 1. The van der Waals surface area contributed by atoms with Gasteiger partial charge in [-0.25, -0.2) is 0 Å². The molecule has 1 N–H and O–H groups in total. The van der Waals surface area contributed by atoms with Gasteiger partial charge in [0.25, 0.3) is 0 Å². The monoisotopic (exact) mass is 253 g/mol. The van der Waals surface area contributed by atoms with Crippen molar-refractivity contribution in [2.75, 3.05) is 12.4 Å². The first-order valence-corrected chi connectivity index (χ1v) is 6.18. The van der Waals surface area contributed by atoms with Crippen molar-refractivity contribution in [2.24, 2.45) is 0 Å². The molecule has 0 bridgehead atoms. The van der Waals surface area contributed by atoms with Crippen LogP contribution in [0.3, 0.4) is 0 Å². The van der Waals surface area contributed by atoms with Gasteiger partial charge in [-0.05, 0) is 31.0 Å². The molecular formula is C13H16ClNO2. The van der Waals surface area contributed by atoms with Gasteiger partial charge in [-0.1, -0.05) is 11.6 Å². The second kappa shape index (κ2) is 5.41. The minimum atomic E-state index is 0.333. The molecule has 17 heavy (non-hydrogen) atoms. The van der Waals surface area contributed by atoms with Crippen LogP contribution >= 0.6 is 11.6 Å². The second-order valence-electron chi connectivity index (χ2n) is 4.30. The molecule has 1 aliphatic rings. The molecule has 92 valence electrons. The van der Waals surface area contributed by atoms with Crippen LogP contribution in [-0.4, -0.2) is 18.9 Å². The highest BCUT2D eigenvalue weighted by atomic mass is 35.5. The molecule has 3 nitrogen and oxygen atoms in total. The van der Waals surface area contributed by atoms with Crippen molar-refractivity contribution >= 4 is 23.1 Å². The third-order valence-electron chi connectivity index (χ3n) is 3.06. The number of benzene rings is 1. The van der Waals surface area contributed by atoms with Gasteiger partial charge in [-0.3, -0.25) is 4.79 Å². The molecule has 0 aliphatic heterocycles. The number of hydrogen-bond donors (Lipinski definition) is 1. The Labute approximate surface area is 106 Å². The topological polar surface area (TPSA) is 38.3 Å². The molecule has 1 saturated carbocycles. The molecule has 2 rings (SSSR count). The normalized spacial score (nSPS) is 16.9. The van der Waals surface area contributed by atoms with Crippen LogP contribution in [-0.2, 0) is 4.79 Å². The quantitative estimate of drug-likeness (QED) is 0.899. The Bertz CT molecular complexity index is 410. The average molecular weight is 254 g/mol. The summed E-state index contributed by atoms with van der Waals surface area (Å²) in [5.41, 5.74) is 0.902. The number of carbonyl (C=O) groups excluding carboxylic acids is 1. The van der Waals surface area contributed by atoms with Crippen LogP contribution in [0.15, 0.2) is 18.2 Å². The Balaban J connectivity index is 2.07. The van der Waals surface area contributed by atoms with Crippen molar-refractivity contribution in [3.05, 3.63) is 23.2 Å². The minimum absolute atomic E-state index is 0.333. The van der Waals surface area contributed by atoms with Crippen LogP contribution in [0.1, 0.15) is 25.7 Å². The predicted octanol–water partition coefficient (Wildman–Crippen LogP) is 3.27. The summed E-state index contributed by atoms with van der Waals surface area (Å²) in [6.07, 6.45) is 3.10. The molecule has 1 aromatic carbocycles. The largest absolute Gasteiger partial charge is 0.495 e. The van der Waals surface area contributed by atoms with Crippen molar-refractivity contribution in [3.63, 3.8) is 0 Å². The first kappa shape index (κ1) is 12.2. The third-order valence-corrected chi connectivity index (χ3v) is 3.30. The Morgan fingerprint density at radius 2 is 2.06 bits per heavy atom. The summed E-state index contributed by atoms with van der Waals surface area (Å²) in [5.74, 6) is 1.15. The van der Waals surface area contributed by atoms with Crippen molar-refractivity contribution in [1.82, 2.24) is 0 Å². The van der Waals surface area contributed by atoms with E-state index in [0.717, 1.165) is 24.3 Å². The van der Waals surface area contributed by atoms with Crippen LogP contribution in [0.4, 0.5) is 5.69 Å². The van der Waals surface area contributed by atoms with E-state index < -0.39 is 0 Å². The molecule has 0 heterocycles. The highest BCUT2D eigenvalue weighted by Crippen LogP contribution is 2.30. The van der Waals surface area contributed by atoms with Crippen LogP contribution < -0.4 is 10.1 Å². The Hall–Kier alpha value is -1.22. The molecule has 1 aliphatic carbocycles. The SMILES string of the molecule is COc1ccc(Cl)cc1NC1CCC(=O)CC1. The second-order valence-corrected chi connectivity index (χ2v) is 4.74. The number of ketones is 1. The van der Waals surface area contributed by atoms with E-state index in [0.29, 0.717) is 29.7 Å². The standard InChI is InChI=1S/C13H16ClNO2/c1-17-13-7-2-9(14)8-12(13)15-10-3-5-11(16)6-4-10/h2,7-8,10,15H,3-6H2,1H3. The van der Waals surface area contributed by atoms with E-state index >= 15 is 0 Å². The molecule has 4 heteroatoms. The zero-order valence-electron chi connectivity index (χ0n) is 9.83. The molecule has 0 aromatic heterocycles. The van der Waals surface area contributed by atoms with E-state index in [2.05, 4.69) is 5.32 Å². The lowest BCUT2D eigenvalue weighted by Gasteiger charge is -2.24. The first-order valence-electron chi connectivity index (χ1n) is 5.81. The summed E-state index contributed by atoms with van der Waals surface area (Å²) in [7, 11) is 1.64. The van der Waals surface area contributed by atoms with Gasteiger partial charge < -0.3 is 10.1 Å². The number of carbonyl (C=O) groups is 1. The number of halogens is 1. The van der Waals surface area contributed by atoms with Crippen molar-refractivity contribution in [3.8, 4) is 5.75 Å². The van der Waals surface area contributed by atoms with E-state index in [1.54, 1.807) is 13.2 Å². The van der Waals surface area contributed by atoms with E-state index in [-0.39, 0.29) is 0 Å². The summed E-state index contributed by atoms with van der Waals surface area (Å²) in [5, 5.41) is 4.08. The van der Waals surface area contributed by atoms with Gasteiger partial charge in [0.05, 0.1) is 12.8 Å². The fourth-order valence-corrected chi connectivity index (χ4v) is 2.27. The molecule has 1 fully saturated rings. The number of rotatable bonds is 3. The maximum atomic E-state index is 11.2.